The van der Waals surface area contributed by atoms with Gasteiger partial charge in [-0.15, -0.1) is 0 Å². The summed E-state index contributed by atoms with van der Waals surface area (Å²) in [7, 11) is -3.18. The van der Waals surface area contributed by atoms with Gasteiger partial charge in [0.15, 0.2) is 0 Å². The Morgan fingerprint density at radius 1 is 0.852 bits per heavy atom. The van der Waals surface area contributed by atoms with E-state index >= 15 is 0 Å². The van der Waals surface area contributed by atoms with E-state index in [1.807, 2.05) is 32.0 Å². The van der Waals surface area contributed by atoms with Crippen molar-refractivity contribution in [2.45, 2.75) is 46.7 Å². The lowest BCUT2D eigenvalue weighted by atomic mass is 10.2. The maximum atomic E-state index is 12.8. The highest BCUT2D eigenvalue weighted by Crippen LogP contribution is 2.51. The lowest BCUT2D eigenvalue weighted by molar-refractivity contribution is 0.219. The van der Waals surface area contributed by atoms with Crippen molar-refractivity contribution in [2.75, 3.05) is 26.4 Å². The maximum absolute atomic E-state index is 12.8. The van der Waals surface area contributed by atoms with Crippen LogP contribution in [0, 0.1) is 0 Å². The fourth-order valence-corrected chi connectivity index (χ4v) is 4.18. The molecule has 0 aliphatic carbocycles. The van der Waals surface area contributed by atoms with Crippen LogP contribution in [-0.2, 0) is 19.8 Å². The fourth-order valence-electron chi connectivity index (χ4n) is 2.50. The Balaban J connectivity index is 2.35. The Bertz CT molecular complexity index is 774. The molecule has 0 saturated carbocycles. The molecule has 0 amide bonds. The minimum absolute atomic E-state index is 0.186. The molecule has 1 heterocycles. The van der Waals surface area contributed by atoms with Crippen LogP contribution in [-0.4, -0.2) is 36.4 Å². The molecule has 0 radical (unpaired) electrons. The molecule has 0 aliphatic heterocycles. The first-order valence-electron chi connectivity index (χ1n) is 9.49. The average Bonchev–Trinajstić information content (AvgIpc) is 2.64. The molecule has 150 valence electrons. The number of benzene rings is 1. The largest absolute Gasteiger partial charge is 0.474 e. The molecule has 2 aromatic rings. The minimum Gasteiger partial charge on any atom is -0.474 e. The van der Waals surface area contributed by atoms with E-state index in [0.717, 1.165) is 18.4 Å². The van der Waals surface area contributed by atoms with Crippen molar-refractivity contribution in [2.24, 2.45) is 0 Å². The Morgan fingerprint density at radius 3 is 1.93 bits per heavy atom. The number of aromatic nitrogens is 2. The highest BCUT2D eigenvalue weighted by molar-refractivity contribution is 7.53. The summed E-state index contributed by atoms with van der Waals surface area (Å²) in [4.78, 5) is 9.10. The fraction of sp³-hybridized carbons (Fsp3) is 0.579. The van der Waals surface area contributed by atoms with Gasteiger partial charge >= 0.3 is 7.60 Å². The second kappa shape index (κ2) is 10.6. The van der Waals surface area contributed by atoms with Crippen molar-refractivity contribution in [1.29, 1.82) is 0 Å². The van der Waals surface area contributed by atoms with Gasteiger partial charge in [0.1, 0.15) is 0 Å². The molecule has 7 nitrogen and oxygen atoms in total. The predicted octanol–water partition coefficient (Wildman–Crippen LogP) is 4.97. The monoisotopic (exact) mass is 396 g/mol. The van der Waals surface area contributed by atoms with Crippen molar-refractivity contribution in [3.05, 3.63) is 23.8 Å². The zero-order valence-electron chi connectivity index (χ0n) is 16.6. The Kier molecular flexibility index (Phi) is 8.48. The third-order valence-corrected chi connectivity index (χ3v) is 5.64. The quantitative estimate of drug-likeness (QED) is 0.468. The van der Waals surface area contributed by atoms with Crippen LogP contribution in [0.3, 0.4) is 0 Å². The van der Waals surface area contributed by atoms with Gasteiger partial charge in [-0.25, -0.2) is 9.97 Å². The average molecular weight is 396 g/mol. The third kappa shape index (κ3) is 6.16. The molecule has 8 heteroatoms. The van der Waals surface area contributed by atoms with Crippen molar-refractivity contribution in [1.82, 2.24) is 9.97 Å². The van der Waals surface area contributed by atoms with Gasteiger partial charge in [0.2, 0.25) is 0 Å². The maximum Gasteiger partial charge on any atom is 0.335 e. The van der Waals surface area contributed by atoms with Crippen LogP contribution in [0.5, 0.6) is 11.8 Å². The molecule has 0 N–H and O–H groups in total. The molecule has 0 atom stereocenters. The summed E-state index contributed by atoms with van der Waals surface area (Å²) in [5.74, 6) is 0.785. The third-order valence-electron chi connectivity index (χ3n) is 3.58. The van der Waals surface area contributed by atoms with E-state index < -0.39 is 7.60 Å². The second-order valence-electron chi connectivity index (χ2n) is 5.96. The lowest BCUT2D eigenvalue weighted by Gasteiger charge is -2.17. The molecular formula is C19H29N2O5P. The van der Waals surface area contributed by atoms with Gasteiger partial charge in [0.25, 0.3) is 11.8 Å². The van der Waals surface area contributed by atoms with Crippen LogP contribution < -0.4 is 9.47 Å². The second-order valence-corrected chi connectivity index (χ2v) is 8.01. The normalized spacial score (nSPS) is 11.7. The van der Waals surface area contributed by atoms with Gasteiger partial charge in [0, 0.05) is 0 Å². The number of nitrogens with zero attached hydrogens (tertiary/aromatic N) is 2. The van der Waals surface area contributed by atoms with Crippen molar-refractivity contribution in [3.8, 4) is 11.8 Å². The first kappa shape index (κ1) is 21.6. The zero-order valence-corrected chi connectivity index (χ0v) is 17.5. The van der Waals surface area contributed by atoms with Gasteiger partial charge in [-0.2, -0.15) is 0 Å². The minimum atomic E-state index is -3.18. The summed E-state index contributed by atoms with van der Waals surface area (Å²) in [6.45, 7) is 9.40. The molecule has 1 aromatic heterocycles. The van der Waals surface area contributed by atoms with Gasteiger partial charge in [-0.05, 0) is 44.4 Å². The van der Waals surface area contributed by atoms with E-state index in [-0.39, 0.29) is 6.16 Å². The molecule has 0 bridgehead atoms. The SMILES string of the molecule is CCCOc1nc2ccc(CP(=O)(OCC)OCC)cc2nc1OCCC. The van der Waals surface area contributed by atoms with E-state index in [2.05, 4.69) is 9.97 Å². The topological polar surface area (TPSA) is 79.8 Å². The van der Waals surface area contributed by atoms with Crippen LogP contribution in [0.25, 0.3) is 11.0 Å². The standard InChI is InChI=1S/C19H29N2O5P/c1-5-11-23-18-19(24-12-6-2)21-17-13-15(9-10-16(17)20-18)14-27(22,25-7-3)26-8-4/h9-10,13H,5-8,11-12,14H2,1-4H3. The summed E-state index contributed by atoms with van der Waals surface area (Å²) >= 11 is 0. The van der Waals surface area contributed by atoms with E-state index in [4.69, 9.17) is 18.5 Å². The zero-order chi connectivity index (χ0) is 19.7. The summed E-state index contributed by atoms with van der Waals surface area (Å²) in [6, 6.07) is 5.54. The molecule has 1 aromatic carbocycles. The summed E-state index contributed by atoms with van der Waals surface area (Å²) in [6.07, 6.45) is 1.92. The first-order chi connectivity index (χ1) is 13.0. The molecule has 0 aliphatic rings. The van der Waals surface area contributed by atoms with Crippen molar-refractivity contribution >= 4 is 18.6 Å². The summed E-state index contributed by atoms with van der Waals surface area (Å²) in [5.41, 5.74) is 2.16. The summed E-state index contributed by atoms with van der Waals surface area (Å²) < 4.78 is 34.9. The predicted molar refractivity (Wildman–Crippen MR) is 106 cm³/mol. The van der Waals surface area contributed by atoms with E-state index in [0.29, 0.717) is 49.2 Å². The Labute approximate surface area is 160 Å². The van der Waals surface area contributed by atoms with E-state index in [1.54, 1.807) is 13.8 Å². The molecule has 0 fully saturated rings. The Hall–Kier alpha value is -1.69. The van der Waals surface area contributed by atoms with Crippen LogP contribution in [0.4, 0.5) is 0 Å². The molecule has 0 saturated heterocycles. The van der Waals surface area contributed by atoms with Crippen LogP contribution in [0.2, 0.25) is 0 Å². The Morgan fingerprint density at radius 2 is 1.41 bits per heavy atom. The lowest BCUT2D eigenvalue weighted by Crippen LogP contribution is -2.05. The smallest absolute Gasteiger partial charge is 0.335 e. The highest BCUT2D eigenvalue weighted by Gasteiger charge is 2.24. The van der Waals surface area contributed by atoms with Gasteiger partial charge < -0.3 is 18.5 Å². The number of hydrogen-bond acceptors (Lipinski definition) is 7. The number of fused-ring (bicyclic) bond motifs is 1. The number of hydrogen-bond donors (Lipinski definition) is 0. The van der Waals surface area contributed by atoms with Crippen LogP contribution >= 0.6 is 7.60 Å². The van der Waals surface area contributed by atoms with Crippen molar-refractivity contribution < 1.29 is 23.1 Å². The van der Waals surface area contributed by atoms with Gasteiger partial charge in [-0.1, -0.05) is 19.9 Å². The molecule has 0 unspecified atom stereocenters. The molecule has 27 heavy (non-hydrogen) atoms. The summed E-state index contributed by atoms with van der Waals surface area (Å²) in [5, 5.41) is 0. The van der Waals surface area contributed by atoms with E-state index in [9.17, 15) is 4.57 Å². The molecule has 2 rings (SSSR count). The molecule has 0 spiro atoms. The van der Waals surface area contributed by atoms with E-state index in [1.165, 1.54) is 0 Å². The van der Waals surface area contributed by atoms with Crippen LogP contribution in [0.1, 0.15) is 46.1 Å². The van der Waals surface area contributed by atoms with Crippen LogP contribution in [0.15, 0.2) is 18.2 Å². The van der Waals surface area contributed by atoms with Gasteiger partial charge in [0.05, 0.1) is 43.6 Å². The first-order valence-corrected chi connectivity index (χ1v) is 11.2. The number of ether oxygens (including phenoxy) is 2. The van der Waals surface area contributed by atoms with Crippen molar-refractivity contribution in [3.63, 3.8) is 0 Å². The highest BCUT2D eigenvalue weighted by atomic mass is 31.2. The van der Waals surface area contributed by atoms with Gasteiger partial charge in [-0.3, -0.25) is 4.57 Å². The number of rotatable bonds is 12. The molecular weight excluding hydrogens is 367 g/mol.